The molecule has 92 valence electrons. The molecular formula is C13H18BrN3. The third kappa shape index (κ3) is 4.37. The van der Waals surface area contributed by atoms with Gasteiger partial charge in [-0.15, -0.1) is 6.42 Å². The molecular weight excluding hydrogens is 278 g/mol. The van der Waals surface area contributed by atoms with E-state index >= 15 is 0 Å². The van der Waals surface area contributed by atoms with Crippen molar-refractivity contribution in [3.63, 3.8) is 0 Å². The lowest BCUT2D eigenvalue weighted by Crippen LogP contribution is -2.25. The number of terminal acetylenes is 1. The third-order valence-corrected chi connectivity index (χ3v) is 2.73. The summed E-state index contributed by atoms with van der Waals surface area (Å²) in [7, 11) is 1.95. The summed E-state index contributed by atoms with van der Waals surface area (Å²) in [6.07, 6.45) is 7.12. The summed E-state index contributed by atoms with van der Waals surface area (Å²) in [5.41, 5.74) is 1.14. The highest BCUT2D eigenvalue weighted by Gasteiger charge is 2.09. The average molecular weight is 296 g/mol. The van der Waals surface area contributed by atoms with Gasteiger partial charge in [0.25, 0.3) is 0 Å². The van der Waals surface area contributed by atoms with Gasteiger partial charge in [0.15, 0.2) is 0 Å². The van der Waals surface area contributed by atoms with Crippen molar-refractivity contribution in [1.82, 2.24) is 10.3 Å². The highest BCUT2D eigenvalue weighted by molar-refractivity contribution is 9.10. The fourth-order valence-electron chi connectivity index (χ4n) is 1.47. The molecule has 0 atom stereocenters. The first-order valence-corrected chi connectivity index (χ1v) is 6.36. The molecule has 1 aromatic rings. The summed E-state index contributed by atoms with van der Waals surface area (Å²) in [6, 6.07) is 2.52. The zero-order valence-corrected chi connectivity index (χ0v) is 12.1. The van der Waals surface area contributed by atoms with Crippen LogP contribution in [-0.4, -0.2) is 24.6 Å². The Hall–Kier alpha value is -1.05. The van der Waals surface area contributed by atoms with Crippen LogP contribution in [0.15, 0.2) is 16.7 Å². The number of anilines is 1. The summed E-state index contributed by atoms with van der Waals surface area (Å²) in [5.74, 6) is 3.56. The lowest BCUT2D eigenvalue weighted by molar-refractivity contribution is 0.587. The Bertz CT molecular complexity index is 410. The fraction of sp³-hybridized carbons (Fsp3) is 0.462. The van der Waals surface area contributed by atoms with Crippen molar-refractivity contribution in [2.24, 2.45) is 0 Å². The topological polar surface area (TPSA) is 28.2 Å². The molecule has 0 spiro atoms. The summed E-state index contributed by atoms with van der Waals surface area (Å²) in [6.45, 7) is 5.59. The zero-order valence-electron chi connectivity index (χ0n) is 10.5. The highest BCUT2D eigenvalue weighted by atomic mass is 79.9. The van der Waals surface area contributed by atoms with Gasteiger partial charge >= 0.3 is 0 Å². The Morgan fingerprint density at radius 2 is 2.29 bits per heavy atom. The average Bonchev–Trinajstić information content (AvgIpc) is 2.26. The van der Waals surface area contributed by atoms with Crippen LogP contribution < -0.4 is 10.2 Å². The van der Waals surface area contributed by atoms with Crippen LogP contribution in [0.2, 0.25) is 0 Å². The molecule has 0 aliphatic rings. The number of hydrogen-bond donors (Lipinski definition) is 1. The summed E-state index contributed by atoms with van der Waals surface area (Å²) < 4.78 is 0.982. The fourth-order valence-corrected chi connectivity index (χ4v) is 1.85. The van der Waals surface area contributed by atoms with E-state index in [1.54, 1.807) is 6.20 Å². The lowest BCUT2D eigenvalue weighted by Gasteiger charge is -2.20. The van der Waals surface area contributed by atoms with Crippen LogP contribution in [-0.2, 0) is 6.54 Å². The van der Waals surface area contributed by atoms with Crippen LogP contribution in [0.4, 0.5) is 5.82 Å². The molecule has 0 unspecified atom stereocenters. The maximum Gasteiger partial charge on any atom is 0.133 e. The predicted molar refractivity (Wildman–Crippen MR) is 76.0 cm³/mol. The Kier molecular flexibility index (Phi) is 5.46. The van der Waals surface area contributed by atoms with Gasteiger partial charge in [0.05, 0.1) is 6.54 Å². The molecule has 0 fully saturated rings. The van der Waals surface area contributed by atoms with Crippen LogP contribution >= 0.6 is 15.9 Å². The molecule has 0 radical (unpaired) electrons. The van der Waals surface area contributed by atoms with E-state index < -0.39 is 0 Å². The minimum absolute atomic E-state index is 0.444. The lowest BCUT2D eigenvalue weighted by atomic mass is 10.2. The van der Waals surface area contributed by atoms with Crippen LogP contribution in [0.1, 0.15) is 19.4 Å². The van der Waals surface area contributed by atoms with Gasteiger partial charge in [0.2, 0.25) is 0 Å². The molecule has 4 heteroatoms. The van der Waals surface area contributed by atoms with Gasteiger partial charge in [0.1, 0.15) is 5.82 Å². The summed E-state index contributed by atoms with van der Waals surface area (Å²) in [5, 5.41) is 3.39. The van der Waals surface area contributed by atoms with Crippen LogP contribution in [0.3, 0.4) is 0 Å². The van der Waals surface area contributed by atoms with Crippen LogP contribution in [0.5, 0.6) is 0 Å². The smallest absolute Gasteiger partial charge is 0.133 e. The molecule has 1 heterocycles. The maximum absolute atomic E-state index is 5.32. The van der Waals surface area contributed by atoms with Gasteiger partial charge in [-0.05, 0) is 22.0 Å². The molecule has 17 heavy (non-hydrogen) atoms. The van der Waals surface area contributed by atoms with Gasteiger partial charge in [0, 0.05) is 35.9 Å². The van der Waals surface area contributed by atoms with E-state index in [0.717, 1.165) is 22.4 Å². The van der Waals surface area contributed by atoms with E-state index in [-0.39, 0.29) is 0 Å². The number of rotatable bonds is 5. The normalized spacial score (nSPS) is 10.4. The minimum atomic E-state index is 0.444. The molecule has 1 N–H and O–H groups in total. The first-order valence-electron chi connectivity index (χ1n) is 5.57. The van der Waals surface area contributed by atoms with Gasteiger partial charge in [-0.1, -0.05) is 19.8 Å². The SMILES string of the molecule is C#CCN(C)c1ncc(Br)cc1CNC(C)C. The van der Waals surface area contributed by atoms with Crippen molar-refractivity contribution >= 4 is 21.7 Å². The quantitative estimate of drug-likeness (QED) is 0.846. The second-order valence-corrected chi connectivity index (χ2v) is 5.15. The van der Waals surface area contributed by atoms with E-state index in [9.17, 15) is 0 Å². The van der Waals surface area contributed by atoms with Gasteiger partial charge < -0.3 is 10.2 Å². The molecule has 0 saturated carbocycles. The van der Waals surface area contributed by atoms with E-state index in [4.69, 9.17) is 6.42 Å². The second-order valence-electron chi connectivity index (χ2n) is 4.23. The van der Waals surface area contributed by atoms with Crippen molar-refractivity contribution in [1.29, 1.82) is 0 Å². The minimum Gasteiger partial charge on any atom is -0.348 e. The van der Waals surface area contributed by atoms with Gasteiger partial charge in [-0.25, -0.2) is 4.98 Å². The standard InChI is InChI=1S/C13H18BrN3/c1-5-6-17(4)13-11(8-15-10(2)3)7-12(14)9-16-13/h1,7,9-10,15H,6,8H2,2-4H3. The summed E-state index contributed by atoms with van der Waals surface area (Å²) >= 11 is 3.44. The first-order chi connectivity index (χ1) is 8.04. The Labute approximate surface area is 112 Å². The van der Waals surface area contributed by atoms with Crippen molar-refractivity contribution in [2.75, 3.05) is 18.5 Å². The molecule has 0 aromatic carbocycles. The molecule has 0 aliphatic heterocycles. The second kappa shape index (κ2) is 6.63. The van der Waals surface area contributed by atoms with Crippen molar-refractivity contribution in [2.45, 2.75) is 26.4 Å². The Morgan fingerprint density at radius 3 is 2.88 bits per heavy atom. The maximum atomic E-state index is 5.32. The number of halogens is 1. The molecule has 0 amide bonds. The Balaban J connectivity index is 2.91. The molecule has 0 bridgehead atoms. The molecule has 0 aliphatic carbocycles. The number of hydrogen-bond acceptors (Lipinski definition) is 3. The van der Waals surface area contributed by atoms with Crippen molar-refractivity contribution in [3.05, 3.63) is 22.3 Å². The largest absolute Gasteiger partial charge is 0.348 e. The van der Waals surface area contributed by atoms with Crippen LogP contribution in [0, 0.1) is 12.3 Å². The third-order valence-electron chi connectivity index (χ3n) is 2.30. The summed E-state index contributed by atoms with van der Waals surface area (Å²) in [4.78, 5) is 6.39. The predicted octanol–water partition coefficient (Wildman–Crippen LogP) is 2.41. The number of nitrogens with zero attached hydrogens (tertiary/aromatic N) is 2. The molecule has 0 saturated heterocycles. The van der Waals surface area contributed by atoms with E-state index in [0.29, 0.717) is 12.6 Å². The first kappa shape index (κ1) is 14.0. The molecule has 3 nitrogen and oxygen atoms in total. The van der Waals surface area contributed by atoms with E-state index in [1.807, 2.05) is 11.9 Å². The van der Waals surface area contributed by atoms with Crippen molar-refractivity contribution in [3.8, 4) is 12.3 Å². The van der Waals surface area contributed by atoms with Crippen LogP contribution in [0.25, 0.3) is 0 Å². The highest BCUT2D eigenvalue weighted by Crippen LogP contribution is 2.20. The number of aromatic nitrogens is 1. The number of pyridine rings is 1. The molecule has 1 rings (SSSR count). The van der Waals surface area contributed by atoms with E-state index in [2.05, 4.69) is 52.1 Å². The Morgan fingerprint density at radius 1 is 1.59 bits per heavy atom. The number of nitrogens with one attached hydrogen (secondary N) is 1. The van der Waals surface area contributed by atoms with E-state index in [1.165, 1.54) is 0 Å². The monoisotopic (exact) mass is 295 g/mol. The molecule has 1 aromatic heterocycles. The van der Waals surface area contributed by atoms with Gasteiger partial charge in [-0.3, -0.25) is 0 Å². The van der Waals surface area contributed by atoms with Crippen molar-refractivity contribution < 1.29 is 0 Å². The zero-order chi connectivity index (χ0) is 12.8. The van der Waals surface area contributed by atoms with Gasteiger partial charge in [-0.2, -0.15) is 0 Å².